The number of hydrogen-bond donors (Lipinski definition) is 1. The number of fused-ring (bicyclic) bond motifs is 1. The van der Waals surface area contributed by atoms with Crippen molar-refractivity contribution in [3.63, 3.8) is 0 Å². The number of nitrogens with one attached hydrogen (secondary N) is 1. The highest BCUT2D eigenvalue weighted by molar-refractivity contribution is 4.92. The molecule has 0 aromatic carbocycles. The highest BCUT2D eigenvalue weighted by Crippen LogP contribution is 2.32. The van der Waals surface area contributed by atoms with Gasteiger partial charge in [-0.1, -0.05) is 6.42 Å². The van der Waals surface area contributed by atoms with Gasteiger partial charge in [0.05, 0.1) is 12.7 Å². The summed E-state index contributed by atoms with van der Waals surface area (Å²) in [7, 11) is 1.78. The average Bonchev–Trinajstić information content (AvgIpc) is 2.18. The van der Waals surface area contributed by atoms with E-state index in [4.69, 9.17) is 9.47 Å². The predicted octanol–water partition coefficient (Wildman–Crippen LogP) is 0.891. The van der Waals surface area contributed by atoms with Crippen LogP contribution in [0.2, 0.25) is 0 Å². The maximum Gasteiger partial charge on any atom is 0.145 e. The molecule has 2 rings (SSSR count). The van der Waals surface area contributed by atoms with Crippen LogP contribution in [0.4, 0.5) is 0 Å². The zero-order chi connectivity index (χ0) is 8.44. The number of morpholine rings is 1. The standard InChI is InChI=1S/C9H17NO2/c1-11-9-5-3-2-4-8(9)12-7-6-10-9/h8,10H,2-7H2,1H3. The van der Waals surface area contributed by atoms with Crippen LogP contribution in [0.3, 0.4) is 0 Å². The van der Waals surface area contributed by atoms with E-state index in [0.29, 0.717) is 0 Å². The van der Waals surface area contributed by atoms with Crippen molar-refractivity contribution in [2.45, 2.75) is 37.5 Å². The molecule has 2 atom stereocenters. The first kappa shape index (κ1) is 8.48. The number of rotatable bonds is 1. The van der Waals surface area contributed by atoms with Crippen molar-refractivity contribution in [1.29, 1.82) is 0 Å². The molecule has 0 spiro atoms. The van der Waals surface area contributed by atoms with E-state index in [9.17, 15) is 0 Å². The average molecular weight is 171 g/mol. The minimum Gasteiger partial charge on any atom is -0.372 e. The van der Waals surface area contributed by atoms with Gasteiger partial charge in [-0.15, -0.1) is 0 Å². The third-order valence-corrected chi connectivity index (χ3v) is 2.99. The molecular formula is C9H17NO2. The van der Waals surface area contributed by atoms with Gasteiger partial charge in [-0.25, -0.2) is 0 Å². The fraction of sp³-hybridized carbons (Fsp3) is 1.00. The second-order valence-corrected chi connectivity index (χ2v) is 3.63. The molecule has 2 fully saturated rings. The Morgan fingerprint density at radius 3 is 3.17 bits per heavy atom. The first-order chi connectivity index (χ1) is 5.87. The molecule has 3 heteroatoms. The van der Waals surface area contributed by atoms with Gasteiger partial charge < -0.3 is 9.47 Å². The molecule has 70 valence electrons. The largest absolute Gasteiger partial charge is 0.372 e. The summed E-state index contributed by atoms with van der Waals surface area (Å²) in [6.45, 7) is 1.75. The number of hydrogen-bond acceptors (Lipinski definition) is 3. The van der Waals surface area contributed by atoms with Gasteiger partial charge in [-0.05, 0) is 19.3 Å². The topological polar surface area (TPSA) is 30.5 Å². The van der Waals surface area contributed by atoms with E-state index in [0.717, 1.165) is 26.0 Å². The Hall–Kier alpha value is -0.120. The van der Waals surface area contributed by atoms with Crippen LogP contribution < -0.4 is 5.32 Å². The van der Waals surface area contributed by atoms with Gasteiger partial charge in [-0.3, -0.25) is 5.32 Å². The highest BCUT2D eigenvalue weighted by Gasteiger charge is 2.43. The molecule has 2 unspecified atom stereocenters. The Balaban J connectivity index is 2.10. The zero-order valence-electron chi connectivity index (χ0n) is 7.64. The van der Waals surface area contributed by atoms with Crippen molar-refractivity contribution in [3.8, 4) is 0 Å². The van der Waals surface area contributed by atoms with Gasteiger partial charge in [0.1, 0.15) is 5.72 Å². The summed E-state index contributed by atoms with van der Waals surface area (Å²) in [5, 5.41) is 3.44. The SMILES string of the molecule is COC12CCCCC1OCCN2. The lowest BCUT2D eigenvalue weighted by Gasteiger charge is -2.46. The van der Waals surface area contributed by atoms with E-state index >= 15 is 0 Å². The summed E-state index contributed by atoms with van der Waals surface area (Å²) in [6.07, 6.45) is 5.04. The van der Waals surface area contributed by atoms with Crippen LogP contribution in [0.25, 0.3) is 0 Å². The maximum absolute atomic E-state index is 5.69. The van der Waals surface area contributed by atoms with Crippen molar-refractivity contribution in [1.82, 2.24) is 5.32 Å². The minimum absolute atomic E-state index is 0.156. The fourth-order valence-corrected chi connectivity index (χ4v) is 2.30. The maximum atomic E-state index is 5.69. The second kappa shape index (κ2) is 3.32. The Morgan fingerprint density at radius 1 is 1.50 bits per heavy atom. The summed E-state index contributed by atoms with van der Waals surface area (Å²) < 4.78 is 11.2. The van der Waals surface area contributed by atoms with E-state index in [1.807, 2.05) is 0 Å². The molecule has 1 N–H and O–H groups in total. The van der Waals surface area contributed by atoms with Crippen molar-refractivity contribution >= 4 is 0 Å². The van der Waals surface area contributed by atoms with Crippen LogP contribution in [0, 0.1) is 0 Å². The molecule has 1 saturated heterocycles. The minimum atomic E-state index is -0.156. The normalized spacial score (nSPS) is 42.2. The molecule has 12 heavy (non-hydrogen) atoms. The van der Waals surface area contributed by atoms with Crippen LogP contribution in [0.15, 0.2) is 0 Å². The lowest BCUT2D eigenvalue weighted by molar-refractivity contribution is -0.191. The second-order valence-electron chi connectivity index (χ2n) is 3.63. The van der Waals surface area contributed by atoms with Gasteiger partial charge in [0.25, 0.3) is 0 Å². The molecule has 0 aromatic heterocycles. The molecule has 0 amide bonds. The third-order valence-electron chi connectivity index (χ3n) is 2.99. The Kier molecular flexibility index (Phi) is 2.35. The lowest BCUT2D eigenvalue weighted by Crippen LogP contribution is -2.62. The van der Waals surface area contributed by atoms with Crippen molar-refractivity contribution in [2.24, 2.45) is 0 Å². The van der Waals surface area contributed by atoms with Crippen molar-refractivity contribution in [3.05, 3.63) is 0 Å². The van der Waals surface area contributed by atoms with E-state index in [2.05, 4.69) is 5.32 Å². The van der Waals surface area contributed by atoms with Crippen LogP contribution >= 0.6 is 0 Å². The summed E-state index contributed by atoms with van der Waals surface area (Å²) in [5.41, 5.74) is -0.156. The van der Waals surface area contributed by atoms with E-state index in [-0.39, 0.29) is 11.8 Å². The quantitative estimate of drug-likeness (QED) is 0.635. The van der Waals surface area contributed by atoms with E-state index in [1.165, 1.54) is 12.8 Å². The molecule has 1 aliphatic carbocycles. The van der Waals surface area contributed by atoms with E-state index in [1.54, 1.807) is 7.11 Å². The lowest BCUT2D eigenvalue weighted by atomic mass is 9.87. The third kappa shape index (κ3) is 1.26. The molecule has 0 radical (unpaired) electrons. The number of ether oxygens (including phenoxy) is 2. The van der Waals surface area contributed by atoms with E-state index < -0.39 is 0 Å². The monoisotopic (exact) mass is 171 g/mol. The van der Waals surface area contributed by atoms with Crippen molar-refractivity contribution in [2.75, 3.05) is 20.3 Å². The zero-order valence-corrected chi connectivity index (χ0v) is 7.64. The fourth-order valence-electron chi connectivity index (χ4n) is 2.30. The van der Waals surface area contributed by atoms with Crippen LogP contribution in [-0.2, 0) is 9.47 Å². The summed E-state index contributed by atoms with van der Waals surface area (Å²) in [5.74, 6) is 0. The van der Waals surface area contributed by atoms with Crippen molar-refractivity contribution < 1.29 is 9.47 Å². The van der Waals surface area contributed by atoms with Gasteiger partial charge >= 0.3 is 0 Å². The Bertz CT molecular complexity index is 149. The first-order valence-corrected chi connectivity index (χ1v) is 4.79. The molecular weight excluding hydrogens is 154 g/mol. The molecule has 3 nitrogen and oxygen atoms in total. The van der Waals surface area contributed by atoms with Crippen LogP contribution in [-0.4, -0.2) is 32.1 Å². The number of methoxy groups -OCH3 is 1. The van der Waals surface area contributed by atoms with Crippen LogP contribution in [0.1, 0.15) is 25.7 Å². The Labute approximate surface area is 73.4 Å². The Morgan fingerprint density at radius 2 is 2.42 bits per heavy atom. The molecule has 1 saturated carbocycles. The summed E-state index contributed by atoms with van der Waals surface area (Å²) in [6, 6.07) is 0. The molecule has 2 aliphatic rings. The molecule has 0 aromatic rings. The highest BCUT2D eigenvalue weighted by atomic mass is 16.6. The van der Waals surface area contributed by atoms with Gasteiger partial charge in [-0.2, -0.15) is 0 Å². The van der Waals surface area contributed by atoms with Gasteiger partial charge in [0.2, 0.25) is 0 Å². The smallest absolute Gasteiger partial charge is 0.145 e. The van der Waals surface area contributed by atoms with Crippen LogP contribution in [0.5, 0.6) is 0 Å². The predicted molar refractivity (Wildman–Crippen MR) is 46.0 cm³/mol. The molecule has 0 bridgehead atoms. The summed E-state index contributed by atoms with van der Waals surface area (Å²) in [4.78, 5) is 0. The first-order valence-electron chi connectivity index (χ1n) is 4.79. The summed E-state index contributed by atoms with van der Waals surface area (Å²) >= 11 is 0. The van der Waals surface area contributed by atoms with Gasteiger partial charge in [0.15, 0.2) is 0 Å². The molecule has 1 heterocycles. The molecule has 1 aliphatic heterocycles. The van der Waals surface area contributed by atoms with Gasteiger partial charge in [0, 0.05) is 13.7 Å².